The molecule has 4 nitrogen and oxygen atoms in total. The van der Waals surface area contributed by atoms with Crippen molar-refractivity contribution in [1.82, 2.24) is 9.80 Å². The van der Waals surface area contributed by atoms with Gasteiger partial charge in [-0.05, 0) is 45.6 Å². The Morgan fingerprint density at radius 1 is 1.10 bits per heavy atom. The van der Waals surface area contributed by atoms with Crippen LogP contribution < -0.4 is 5.73 Å². The van der Waals surface area contributed by atoms with Crippen LogP contribution in [0.25, 0.3) is 0 Å². The molecule has 4 unspecified atom stereocenters. The third-order valence-corrected chi connectivity index (χ3v) is 5.52. The molecule has 0 aromatic rings. The Labute approximate surface area is 128 Å². The number of amides is 1. The number of likely N-dealkylation sites (tertiary alicyclic amines) is 1. The molecule has 116 valence electrons. The molecule has 4 atom stereocenters. The Balaban J connectivity index is 0.00000147. The molecular formula is C15H28ClN3O. The van der Waals surface area contributed by atoms with Crippen LogP contribution in [0.3, 0.4) is 0 Å². The van der Waals surface area contributed by atoms with Crippen molar-refractivity contribution in [2.24, 2.45) is 11.7 Å². The maximum atomic E-state index is 12.7. The lowest BCUT2D eigenvalue weighted by Gasteiger charge is -2.32. The molecule has 0 aromatic carbocycles. The van der Waals surface area contributed by atoms with Crippen molar-refractivity contribution in [3.05, 3.63) is 0 Å². The van der Waals surface area contributed by atoms with E-state index in [9.17, 15) is 4.79 Å². The minimum atomic E-state index is 0. The Morgan fingerprint density at radius 3 is 2.60 bits per heavy atom. The molecule has 3 fully saturated rings. The summed E-state index contributed by atoms with van der Waals surface area (Å²) in [5, 5.41) is 0. The fourth-order valence-corrected chi connectivity index (χ4v) is 4.22. The summed E-state index contributed by atoms with van der Waals surface area (Å²) in [5.41, 5.74) is 6.03. The van der Waals surface area contributed by atoms with Crippen LogP contribution >= 0.6 is 12.4 Å². The molecule has 0 radical (unpaired) electrons. The highest BCUT2D eigenvalue weighted by atomic mass is 35.5. The molecule has 0 spiro atoms. The van der Waals surface area contributed by atoms with E-state index in [1.54, 1.807) is 0 Å². The summed E-state index contributed by atoms with van der Waals surface area (Å²) < 4.78 is 0. The van der Waals surface area contributed by atoms with Gasteiger partial charge in [-0.15, -0.1) is 12.4 Å². The smallest absolute Gasteiger partial charge is 0.225 e. The zero-order valence-corrected chi connectivity index (χ0v) is 13.3. The zero-order valence-electron chi connectivity index (χ0n) is 12.5. The second kappa shape index (κ2) is 6.63. The first-order valence-electron chi connectivity index (χ1n) is 7.91. The van der Waals surface area contributed by atoms with Gasteiger partial charge in [-0.1, -0.05) is 6.42 Å². The first-order chi connectivity index (χ1) is 9.15. The van der Waals surface area contributed by atoms with Crippen molar-refractivity contribution in [2.45, 2.75) is 63.1 Å². The van der Waals surface area contributed by atoms with Crippen molar-refractivity contribution in [1.29, 1.82) is 0 Å². The maximum absolute atomic E-state index is 12.7. The topological polar surface area (TPSA) is 49.6 Å². The van der Waals surface area contributed by atoms with E-state index in [2.05, 4.69) is 16.8 Å². The highest BCUT2D eigenvalue weighted by molar-refractivity contribution is 5.85. The van der Waals surface area contributed by atoms with Crippen LogP contribution in [0.5, 0.6) is 0 Å². The van der Waals surface area contributed by atoms with E-state index < -0.39 is 0 Å². The van der Waals surface area contributed by atoms with E-state index in [1.165, 1.54) is 12.8 Å². The number of hydrogen-bond acceptors (Lipinski definition) is 3. The van der Waals surface area contributed by atoms with Crippen LogP contribution in [0.4, 0.5) is 0 Å². The minimum absolute atomic E-state index is 0. The van der Waals surface area contributed by atoms with Crippen LogP contribution in [-0.4, -0.2) is 54.0 Å². The third kappa shape index (κ3) is 3.12. The summed E-state index contributed by atoms with van der Waals surface area (Å²) in [6, 6.07) is 1.54. The van der Waals surface area contributed by atoms with E-state index in [4.69, 9.17) is 5.73 Å². The van der Waals surface area contributed by atoms with Gasteiger partial charge in [-0.3, -0.25) is 9.69 Å². The Bertz CT molecular complexity index is 352. The van der Waals surface area contributed by atoms with Crippen molar-refractivity contribution in [2.75, 3.05) is 20.1 Å². The van der Waals surface area contributed by atoms with Gasteiger partial charge in [0, 0.05) is 37.1 Å². The summed E-state index contributed by atoms with van der Waals surface area (Å²) in [5.74, 6) is 0.585. The standard InChI is InChI=1S/C15H27N3O.ClH/c1-17-13-5-6-14(17)10-18(8-7-13)15(19)11-3-2-4-12(16)9-11;/h11-14H,2-10,16H2,1H3;1H. The van der Waals surface area contributed by atoms with E-state index in [0.717, 1.165) is 45.2 Å². The van der Waals surface area contributed by atoms with Gasteiger partial charge < -0.3 is 10.6 Å². The molecule has 1 aliphatic carbocycles. The van der Waals surface area contributed by atoms with Gasteiger partial charge in [-0.2, -0.15) is 0 Å². The van der Waals surface area contributed by atoms with E-state index in [0.29, 0.717) is 18.0 Å². The molecular weight excluding hydrogens is 274 g/mol. The quantitative estimate of drug-likeness (QED) is 0.801. The first-order valence-corrected chi connectivity index (χ1v) is 7.91. The van der Waals surface area contributed by atoms with E-state index in [1.807, 2.05) is 0 Å². The number of likely N-dealkylation sites (N-methyl/N-ethyl adjacent to an activating group) is 1. The van der Waals surface area contributed by atoms with Gasteiger partial charge in [0.05, 0.1) is 0 Å². The molecule has 2 heterocycles. The Hall–Kier alpha value is -0.320. The number of halogens is 1. The lowest BCUT2D eigenvalue weighted by Crippen LogP contribution is -2.44. The van der Waals surface area contributed by atoms with Gasteiger partial charge in [0.2, 0.25) is 5.91 Å². The van der Waals surface area contributed by atoms with Gasteiger partial charge in [0.25, 0.3) is 0 Å². The zero-order chi connectivity index (χ0) is 13.4. The van der Waals surface area contributed by atoms with Gasteiger partial charge in [0.15, 0.2) is 0 Å². The predicted molar refractivity (Wildman–Crippen MR) is 83.0 cm³/mol. The molecule has 20 heavy (non-hydrogen) atoms. The first kappa shape index (κ1) is 16.1. The van der Waals surface area contributed by atoms with Crippen molar-refractivity contribution in [3.63, 3.8) is 0 Å². The van der Waals surface area contributed by atoms with Crippen molar-refractivity contribution >= 4 is 18.3 Å². The predicted octanol–water partition coefficient (Wildman–Crippen LogP) is 1.62. The average molecular weight is 302 g/mol. The molecule has 0 aromatic heterocycles. The lowest BCUT2D eigenvalue weighted by molar-refractivity contribution is -0.137. The summed E-state index contributed by atoms with van der Waals surface area (Å²) >= 11 is 0. The molecule has 2 N–H and O–H groups in total. The molecule has 2 saturated heterocycles. The van der Waals surface area contributed by atoms with E-state index in [-0.39, 0.29) is 24.4 Å². The van der Waals surface area contributed by atoms with Gasteiger partial charge in [-0.25, -0.2) is 0 Å². The number of carbonyl (C=O) groups is 1. The number of nitrogens with two attached hydrogens (primary N) is 1. The minimum Gasteiger partial charge on any atom is -0.341 e. The number of nitrogens with zero attached hydrogens (tertiary/aromatic N) is 2. The van der Waals surface area contributed by atoms with Crippen LogP contribution in [0, 0.1) is 5.92 Å². The number of hydrogen-bond donors (Lipinski definition) is 1. The van der Waals surface area contributed by atoms with Gasteiger partial charge in [0.1, 0.15) is 0 Å². The monoisotopic (exact) mass is 301 g/mol. The summed E-state index contributed by atoms with van der Waals surface area (Å²) in [6.07, 6.45) is 7.89. The van der Waals surface area contributed by atoms with Crippen molar-refractivity contribution < 1.29 is 4.79 Å². The third-order valence-electron chi connectivity index (χ3n) is 5.52. The molecule has 5 heteroatoms. The highest BCUT2D eigenvalue weighted by Crippen LogP contribution is 2.31. The molecule has 1 saturated carbocycles. The second-order valence-corrected chi connectivity index (χ2v) is 6.75. The fourth-order valence-electron chi connectivity index (χ4n) is 4.22. The molecule has 2 bridgehead atoms. The molecule has 3 aliphatic rings. The summed E-state index contributed by atoms with van der Waals surface area (Å²) in [6.45, 7) is 1.90. The average Bonchev–Trinajstić information content (AvgIpc) is 2.62. The number of fused-ring (bicyclic) bond motifs is 2. The second-order valence-electron chi connectivity index (χ2n) is 6.75. The Kier molecular flexibility index (Phi) is 5.32. The summed E-state index contributed by atoms with van der Waals surface area (Å²) in [7, 11) is 2.23. The van der Waals surface area contributed by atoms with Gasteiger partial charge >= 0.3 is 0 Å². The lowest BCUT2D eigenvalue weighted by atomic mass is 9.85. The highest BCUT2D eigenvalue weighted by Gasteiger charge is 2.38. The van der Waals surface area contributed by atoms with Crippen LogP contribution in [0.15, 0.2) is 0 Å². The van der Waals surface area contributed by atoms with Crippen LogP contribution in [-0.2, 0) is 4.79 Å². The maximum Gasteiger partial charge on any atom is 0.225 e. The van der Waals surface area contributed by atoms with Crippen LogP contribution in [0.1, 0.15) is 44.9 Å². The van der Waals surface area contributed by atoms with Crippen LogP contribution in [0.2, 0.25) is 0 Å². The van der Waals surface area contributed by atoms with E-state index >= 15 is 0 Å². The molecule has 2 aliphatic heterocycles. The number of rotatable bonds is 1. The fraction of sp³-hybridized carbons (Fsp3) is 0.933. The largest absolute Gasteiger partial charge is 0.341 e. The number of carbonyl (C=O) groups excluding carboxylic acids is 1. The normalized spacial score (nSPS) is 38.2. The molecule has 1 amide bonds. The summed E-state index contributed by atoms with van der Waals surface area (Å²) in [4.78, 5) is 17.3. The SMILES string of the molecule is CN1C2CCC1CN(C(=O)C1CCCC(N)C1)CC2.Cl. The van der Waals surface area contributed by atoms with Crippen molar-refractivity contribution in [3.8, 4) is 0 Å². The molecule has 3 rings (SSSR count). The Morgan fingerprint density at radius 2 is 1.85 bits per heavy atom.